The highest BCUT2D eigenvalue weighted by molar-refractivity contribution is 5.84. The zero-order valence-corrected chi connectivity index (χ0v) is 23.0. The number of nitrogens with zero attached hydrogens (tertiary/aromatic N) is 3. The summed E-state index contributed by atoms with van der Waals surface area (Å²) >= 11 is 0. The van der Waals surface area contributed by atoms with Crippen molar-refractivity contribution in [3.63, 3.8) is 0 Å². The first-order valence-corrected chi connectivity index (χ1v) is 13.8. The minimum Gasteiger partial charge on any atom is -0.228 e. The molecule has 0 saturated heterocycles. The van der Waals surface area contributed by atoms with Gasteiger partial charge < -0.3 is 0 Å². The summed E-state index contributed by atoms with van der Waals surface area (Å²) in [5.41, 5.74) is 12.7. The van der Waals surface area contributed by atoms with Crippen LogP contribution in [0.4, 0.5) is 0 Å². The van der Waals surface area contributed by atoms with E-state index in [1.807, 2.05) is 60.7 Å². The molecule has 0 unspecified atom stereocenters. The lowest BCUT2D eigenvalue weighted by atomic mass is 9.81. The number of rotatable bonds is 4. The number of nitriles is 1. The summed E-state index contributed by atoms with van der Waals surface area (Å²) in [4.78, 5) is 9.88. The molecule has 0 radical (unpaired) electrons. The zero-order valence-electron chi connectivity index (χ0n) is 23.0. The molecule has 0 N–H and O–H groups in total. The lowest BCUT2D eigenvalue weighted by Crippen LogP contribution is -2.15. The van der Waals surface area contributed by atoms with E-state index < -0.39 is 0 Å². The maximum atomic E-state index is 9.43. The van der Waals surface area contributed by atoms with E-state index in [0.717, 1.165) is 39.2 Å². The van der Waals surface area contributed by atoms with Crippen molar-refractivity contribution in [3.05, 3.63) is 144 Å². The molecule has 0 saturated carbocycles. The van der Waals surface area contributed by atoms with Crippen LogP contribution in [0.3, 0.4) is 0 Å². The summed E-state index contributed by atoms with van der Waals surface area (Å²) < 4.78 is 0. The summed E-state index contributed by atoms with van der Waals surface area (Å²) in [5.74, 6) is 0.714. The Kier molecular flexibility index (Phi) is 5.84. The molecule has 0 amide bonds. The Labute approximate surface area is 240 Å². The summed E-state index contributed by atoms with van der Waals surface area (Å²) in [7, 11) is 0. The molecule has 0 aliphatic heterocycles. The maximum absolute atomic E-state index is 9.43. The first kappa shape index (κ1) is 24.7. The van der Waals surface area contributed by atoms with Gasteiger partial charge in [-0.1, -0.05) is 117 Å². The minimum atomic E-state index is -0.128. The normalized spacial score (nSPS) is 12.8. The van der Waals surface area contributed by atoms with Crippen molar-refractivity contribution in [2.24, 2.45) is 0 Å². The molecule has 3 heteroatoms. The third-order valence-electron chi connectivity index (χ3n) is 8.15. The summed E-state index contributed by atoms with van der Waals surface area (Å²) in [6.07, 6.45) is 0. The Morgan fingerprint density at radius 2 is 1.10 bits per heavy atom. The van der Waals surface area contributed by atoms with Crippen LogP contribution in [0, 0.1) is 11.3 Å². The fourth-order valence-electron chi connectivity index (χ4n) is 5.90. The minimum absolute atomic E-state index is 0.128. The third kappa shape index (κ3) is 4.31. The van der Waals surface area contributed by atoms with Crippen LogP contribution in [-0.2, 0) is 5.41 Å². The van der Waals surface area contributed by atoms with Crippen molar-refractivity contribution in [2.45, 2.75) is 19.3 Å². The average Bonchev–Trinajstić information content (AvgIpc) is 3.27. The fraction of sp³-hybridized carbons (Fsp3) is 0.0789. The Hall–Kier alpha value is -5.33. The molecule has 194 valence electrons. The molecule has 6 aromatic rings. The molecule has 0 fully saturated rings. The second-order valence-corrected chi connectivity index (χ2v) is 11.0. The average molecular weight is 526 g/mol. The van der Waals surface area contributed by atoms with Crippen LogP contribution in [0.5, 0.6) is 0 Å². The second-order valence-electron chi connectivity index (χ2n) is 11.0. The largest absolute Gasteiger partial charge is 0.228 e. The summed E-state index contributed by atoms with van der Waals surface area (Å²) in [6, 6.07) is 46.1. The zero-order chi connectivity index (χ0) is 28.0. The van der Waals surface area contributed by atoms with Gasteiger partial charge in [0.25, 0.3) is 0 Å². The molecule has 5 aromatic carbocycles. The Morgan fingerprint density at radius 3 is 1.76 bits per heavy atom. The quantitative estimate of drug-likeness (QED) is 0.230. The first-order valence-electron chi connectivity index (χ1n) is 13.8. The third-order valence-corrected chi connectivity index (χ3v) is 8.15. The van der Waals surface area contributed by atoms with Crippen molar-refractivity contribution >= 4 is 0 Å². The van der Waals surface area contributed by atoms with Crippen LogP contribution in [0.2, 0.25) is 0 Å². The molecule has 7 rings (SSSR count). The van der Waals surface area contributed by atoms with Crippen molar-refractivity contribution < 1.29 is 0 Å². The topological polar surface area (TPSA) is 49.6 Å². The predicted molar refractivity (Wildman–Crippen MR) is 166 cm³/mol. The summed E-state index contributed by atoms with van der Waals surface area (Å²) in [6.45, 7) is 4.53. The second kappa shape index (κ2) is 9.70. The SMILES string of the molecule is CC1(C)c2ccc(C#N)cc2-c2ccc(-c3ccc(-c4cc(-c5ccccc5)nc(-c5ccccc5)n4)cc3)cc21. The molecule has 41 heavy (non-hydrogen) atoms. The molecule has 3 nitrogen and oxygen atoms in total. The smallest absolute Gasteiger partial charge is 0.160 e. The lowest BCUT2D eigenvalue weighted by molar-refractivity contribution is 0.660. The summed E-state index contributed by atoms with van der Waals surface area (Å²) in [5, 5.41) is 9.43. The fourth-order valence-corrected chi connectivity index (χ4v) is 5.90. The van der Waals surface area contributed by atoms with Gasteiger partial charge >= 0.3 is 0 Å². The molecule has 1 aliphatic rings. The van der Waals surface area contributed by atoms with Crippen molar-refractivity contribution in [1.82, 2.24) is 9.97 Å². The van der Waals surface area contributed by atoms with Gasteiger partial charge in [0, 0.05) is 22.1 Å². The van der Waals surface area contributed by atoms with Gasteiger partial charge in [-0.2, -0.15) is 5.26 Å². The van der Waals surface area contributed by atoms with Crippen LogP contribution in [0.15, 0.2) is 127 Å². The lowest BCUT2D eigenvalue weighted by Gasteiger charge is -2.22. The van der Waals surface area contributed by atoms with E-state index in [1.54, 1.807) is 0 Å². The number of aromatic nitrogens is 2. The van der Waals surface area contributed by atoms with Crippen LogP contribution in [-0.4, -0.2) is 9.97 Å². The van der Waals surface area contributed by atoms with Gasteiger partial charge in [0.2, 0.25) is 0 Å². The maximum Gasteiger partial charge on any atom is 0.160 e. The molecule has 1 aliphatic carbocycles. The van der Waals surface area contributed by atoms with Gasteiger partial charge in [0.05, 0.1) is 23.0 Å². The standard InChI is InChI=1S/C38H27N3/c1-38(2)33-20-13-25(24-39)21-32(33)31-19-18-30(22-34(31)38)26-14-16-28(17-15-26)36-23-35(27-9-5-3-6-10-27)40-37(41-36)29-11-7-4-8-12-29/h3-23H,1-2H3. The van der Waals surface area contributed by atoms with Gasteiger partial charge in [-0.05, 0) is 57.6 Å². The number of hydrogen-bond donors (Lipinski definition) is 0. The number of hydrogen-bond acceptors (Lipinski definition) is 3. The van der Waals surface area contributed by atoms with E-state index in [0.29, 0.717) is 11.4 Å². The van der Waals surface area contributed by atoms with Gasteiger partial charge in [-0.15, -0.1) is 0 Å². The molecule has 1 heterocycles. The first-order chi connectivity index (χ1) is 20.0. The Morgan fingerprint density at radius 1 is 0.512 bits per heavy atom. The van der Waals surface area contributed by atoms with Gasteiger partial charge in [-0.25, -0.2) is 9.97 Å². The predicted octanol–water partition coefficient (Wildman–Crippen LogP) is 9.32. The van der Waals surface area contributed by atoms with Crippen LogP contribution in [0.1, 0.15) is 30.5 Å². The Balaban J connectivity index is 1.27. The molecule has 1 aromatic heterocycles. The van der Waals surface area contributed by atoms with Crippen molar-refractivity contribution in [1.29, 1.82) is 5.26 Å². The van der Waals surface area contributed by atoms with Crippen LogP contribution < -0.4 is 0 Å². The van der Waals surface area contributed by atoms with E-state index in [-0.39, 0.29) is 5.41 Å². The van der Waals surface area contributed by atoms with Crippen molar-refractivity contribution in [2.75, 3.05) is 0 Å². The number of fused-ring (bicyclic) bond motifs is 3. The van der Waals surface area contributed by atoms with Crippen LogP contribution in [0.25, 0.3) is 56.2 Å². The highest BCUT2D eigenvalue weighted by Gasteiger charge is 2.35. The van der Waals surface area contributed by atoms with Crippen LogP contribution >= 0.6 is 0 Å². The molecule has 0 bridgehead atoms. The van der Waals surface area contributed by atoms with Gasteiger partial charge in [0.15, 0.2) is 5.82 Å². The molecule has 0 spiro atoms. The van der Waals surface area contributed by atoms with E-state index in [2.05, 4.69) is 86.6 Å². The molecular formula is C38H27N3. The van der Waals surface area contributed by atoms with E-state index in [4.69, 9.17) is 9.97 Å². The van der Waals surface area contributed by atoms with E-state index in [1.165, 1.54) is 22.3 Å². The molecule has 0 atom stereocenters. The van der Waals surface area contributed by atoms with Crippen molar-refractivity contribution in [3.8, 4) is 62.2 Å². The highest BCUT2D eigenvalue weighted by atomic mass is 14.9. The Bertz CT molecular complexity index is 1890. The monoisotopic (exact) mass is 525 g/mol. The van der Waals surface area contributed by atoms with E-state index >= 15 is 0 Å². The van der Waals surface area contributed by atoms with Gasteiger partial charge in [0.1, 0.15) is 0 Å². The number of benzene rings is 5. The van der Waals surface area contributed by atoms with E-state index in [9.17, 15) is 5.26 Å². The molecular weight excluding hydrogens is 498 g/mol. The highest BCUT2D eigenvalue weighted by Crippen LogP contribution is 2.49. The van der Waals surface area contributed by atoms with Gasteiger partial charge in [-0.3, -0.25) is 0 Å².